The molecule has 142 valence electrons. The normalized spacial score (nSPS) is 17.0. The zero-order valence-electron chi connectivity index (χ0n) is 15.4. The molecule has 1 saturated heterocycles. The van der Waals surface area contributed by atoms with Crippen molar-refractivity contribution in [2.24, 2.45) is 5.92 Å². The van der Waals surface area contributed by atoms with Gasteiger partial charge in [0.1, 0.15) is 13.2 Å². The Hall–Kier alpha value is -2.44. The van der Waals surface area contributed by atoms with Crippen LogP contribution in [0.4, 0.5) is 4.79 Å². The summed E-state index contributed by atoms with van der Waals surface area (Å²) in [5, 5.41) is 0. The number of amides is 2. The van der Waals surface area contributed by atoms with E-state index in [-0.39, 0.29) is 12.0 Å². The highest BCUT2D eigenvalue weighted by atomic mass is 16.6. The van der Waals surface area contributed by atoms with Crippen LogP contribution in [0.3, 0.4) is 0 Å². The molecule has 0 bridgehead atoms. The Morgan fingerprint density at radius 1 is 1.04 bits per heavy atom. The van der Waals surface area contributed by atoms with Crippen LogP contribution in [0.5, 0.6) is 11.5 Å². The largest absolute Gasteiger partial charge is 0.486 e. The van der Waals surface area contributed by atoms with Crippen LogP contribution in [-0.2, 0) is 4.74 Å². The quantitative estimate of drug-likeness (QED) is 0.826. The first-order valence-electron chi connectivity index (χ1n) is 9.15. The maximum absolute atomic E-state index is 12.8. The van der Waals surface area contributed by atoms with E-state index in [9.17, 15) is 9.59 Å². The number of hydrogen-bond acceptors (Lipinski definition) is 5. The molecular formula is C19H26N2O5. The lowest BCUT2D eigenvalue weighted by atomic mass is 10.1. The maximum atomic E-state index is 12.8. The van der Waals surface area contributed by atoms with Crippen LogP contribution >= 0.6 is 0 Å². The summed E-state index contributed by atoms with van der Waals surface area (Å²) in [5.74, 6) is 1.53. The van der Waals surface area contributed by atoms with Gasteiger partial charge in [-0.15, -0.1) is 0 Å². The van der Waals surface area contributed by atoms with Gasteiger partial charge in [-0.05, 0) is 30.5 Å². The average molecular weight is 362 g/mol. The molecule has 7 nitrogen and oxygen atoms in total. The van der Waals surface area contributed by atoms with Crippen LogP contribution in [0.15, 0.2) is 18.2 Å². The first-order chi connectivity index (χ1) is 12.5. The van der Waals surface area contributed by atoms with Gasteiger partial charge in [0.15, 0.2) is 11.5 Å². The lowest BCUT2D eigenvalue weighted by Gasteiger charge is -2.23. The summed E-state index contributed by atoms with van der Waals surface area (Å²) in [5.41, 5.74) is 0.574. The number of rotatable bonds is 3. The van der Waals surface area contributed by atoms with Gasteiger partial charge in [-0.25, -0.2) is 4.79 Å². The third kappa shape index (κ3) is 4.39. The summed E-state index contributed by atoms with van der Waals surface area (Å²) in [7, 11) is 0. The van der Waals surface area contributed by atoms with E-state index in [0.29, 0.717) is 69.0 Å². The summed E-state index contributed by atoms with van der Waals surface area (Å²) in [6.45, 7) is 7.61. The van der Waals surface area contributed by atoms with Gasteiger partial charge in [0.2, 0.25) is 0 Å². The standard InChI is InChI=1S/C19H26N2O5/c1-14(2)13-26-19(23)21-7-3-6-20(8-9-21)18(22)15-4-5-16-17(12-15)25-11-10-24-16/h4-5,12,14H,3,6-11,13H2,1-2H3. The van der Waals surface area contributed by atoms with E-state index in [2.05, 4.69) is 0 Å². The van der Waals surface area contributed by atoms with E-state index in [1.807, 2.05) is 13.8 Å². The Bertz CT molecular complexity index is 661. The number of fused-ring (bicyclic) bond motifs is 1. The van der Waals surface area contributed by atoms with E-state index in [0.717, 1.165) is 6.42 Å². The third-order valence-electron chi connectivity index (χ3n) is 4.37. The van der Waals surface area contributed by atoms with E-state index in [4.69, 9.17) is 14.2 Å². The van der Waals surface area contributed by atoms with Gasteiger partial charge in [-0.1, -0.05) is 13.8 Å². The fourth-order valence-electron chi connectivity index (χ4n) is 2.99. The van der Waals surface area contributed by atoms with Crippen LogP contribution in [-0.4, -0.2) is 67.8 Å². The second-order valence-electron chi connectivity index (χ2n) is 6.96. The van der Waals surface area contributed by atoms with Crippen LogP contribution in [0.25, 0.3) is 0 Å². The topological polar surface area (TPSA) is 68.3 Å². The van der Waals surface area contributed by atoms with Crippen molar-refractivity contribution in [3.63, 3.8) is 0 Å². The molecule has 7 heteroatoms. The van der Waals surface area contributed by atoms with Crippen LogP contribution < -0.4 is 9.47 Å². The highest BCUT2D eigenvalue weighted by Crippen LogP contribution is 2.31. The zero-order valence-corrected chi connectivity index (χ0v) is 15.4. The second-order valence-corrected chi connectivity index (χ2v) is 6.96. The van der Waals surface area contributed by atoms with Crippen molar-refractivity contribution in [3.05, 3.63) is 23.8 Å². The van der Waals surface area contributed by atoms with Gasteiger partial charge in [-0.3, -0.25) is 4.79 Å². The van der Waals surface area contributed by atoms with Gasteiger partial charge < -0.3 is 24.0 Å². The van der Waals surface area contributed by atoms with Crippen molar-refractivity contribution in [1.82, 2.24) is 9.80 Å². The van der Waals surface area contributed by atoms with Crippen LogP contribution in [0, 0.1) is 5.92 Å². The van der Waals surface area contributed by atoms with E-state index >= 15 is 0 Å². The number of carbonyl (C=O) groups is 2. The molecule has 0 saturated carbocycles. The summed E-state index contributed by atoms with van der Waals surface area (Å²) in [6, 6.07) is 5.26. The van der Waals surface area contributed by atoms with E-state index in [1.165, 1.54) is 0 Å². The summed E-state index contributed by atoms with van der Waals surface area (Å²) >= 11 is 0. The Labute approximate surface area is 153 Å². The van der Waals surface area contributed by atoms with Crippen molar-refractivity contribution in [2.45, 2.75) is 20.3 Å². The molecule has 0 aliphatic carbocycles. The highest BCUT2D eigenvalue weighted by molar-refractivity contribution is 5.95. The number of ether oxygens (including phenoxy) is 3. The molecule has 26 heavy (non-hydrogen) atoms. The number of carbonyl (C=O) groups excluding carboxylic acids is 2. The Morgan fingerprint density at radius 3 is 2.50 bits per heavy atom. The molecule has 0 aromatic heterocycles. The molecule has 0 N–H and O–H groups in total. The third-order valence-corrected chi connectivity index (χ3v) is 4.37. The Morgan fingerprint density at radius 2 is 1.73 bits per heavy atom. The molecule has 0 radical (unpaired) electrons. The predicted octanol–water partition coefficient (Wildman–Crippen LogP) is 2.40. The predicted molar refractivity (Wildman–Crippen MR) is 95.7 cm³/mol. The van der Waals surface area contributed by atoms with Gasteiger partial charge >= 0.3 is 6.09 Å². The summed E-state index contributed by atoms with van der Waals surface area (Å²) < 4.78 is 16.3. The van der Waals surface area contributed by atoms with Crippen molar-refractivity contribution in [3.8, 4) is 11.5 Å². The fourth-order valence-corrected chi connectivity index (χ4v) is 2.99. The van der Waals surface area contributed by atoms with Gasteiger partial charge in [-0.2, -0.15) is 0 Å². The molecule has 0 spiro atoms. The minimum atomic E-state index is -0.299. The van der Waals surface area contributed by atoms with E-state index in [1.54, 1.807) is 28.0 Å². The van der Waals surface area contributed by atoms with Crippen molar-refractivity contribution in [1.29, 1.82) is 0 Å². The molecule has 1 aromatic carbocycles. The first-order valence-corrected chi connectivity index (χ1v) is 9.15. The smallest absolute Gasteiger partial charge is 0.409 e. The van der Waals surface area contributed by atoms with Crippen LogP contribution in [0.2, 0.25) is 0 Å². The molecule has 2 aliphatic rings. The summed E-state index contributed by atoms with van der Waals surface area (Å²) in [4.78, 5) is 28.4. The molecule has 1 aromatic rings. The lowest BCUT2D eigenvalue weighted by Crippen LogP contribution is -2.38. The van der Waals surface area contributed by atoms with E-state index < -0.39 is 0 Å². The Kier molecular flexibility index (Phi) is 5.85. The number of hydrogen-bond donors (Lipinski definition) is 0. The van der Waals surface area contributed by atoms with Gasteiger partial charge in [0.25, 0.3) is 5.91 Å². The molecule has 3 rings (SSSR count). The molecule has 0 unspecified atom stereocenters. The van der Waals surface area contributed by atoms with Crippen LogP contribution in [0.1, 0.15) is 30.6 Å². The zero-order chi connectivity index (χ0) is 18.5. The number of nitrogens with zero attached hydrogens (tertiary/aromatic N) is 2. The maximum Gasteiger partial charge on any atom is 0.409 e. The van der Waals surface area contributed by atoms with Gasteiger partial charge in [0.05, 0.1) is 6.61 Å². The molecular weight excluding hydrogens is 336 g/mol. The second kappa shape index (κ2) is 8.29. The molecule has 2 amide bonds. The SMILES string of the molecule is CC(C)COC(=O)N1CCCN(C(=O)c2ccc3c(c2)OCCO3)CC1. The summed E-state index contributed by atoms with van der Waals surface area (Å²) in [6.07, 6.45) is 0.430. The van der Waals surface area contributed by atoms with Crippen molar-refractivity contribution < 1.29 is 23.8 Å². The Balaban J connectivity index is 1.60. The highest BCUT2D eigenvalue weighted by Gasteiger charge is 2.24. The molecule has 2 aliphatic heterocycles. The molecule has 0 atom stereocenters. The van der Waals surface area contributed by atoms with Crippen molar-refractivity contribution >= 4 is 12.0 Å². The monoisotopic (exact) mass is 362 g/mol. The minimum Gasteiger partial charge on any atom is -0.486 e. The van der Waals surface area contributed by atoms with Gasteiger partial charge in [0, 0.05) is 31.7 Å². The lowest BCUT2D eigenvalue weighted by molar-refractivity contribution is 0.0745. The number of benzene rings is 1. The molecule has 2 heterocycles. The van der Waals surface area contributed by atoms with Crippen molar-refractivity contribution in [2.75, 3.05) is 46.0 Å². The molecule has 1 fully saturated rings. The average Bonchev–Trinajstić information content (AvgIpc) is 2.91. The fraction of sp³-hybridized carbons (Fsp3) is 0.579. The minimum absolute atomic E-state index is 0.0561. The first kappa shape index (κ1) is 18.4.